The van der Waals surface area contributed by atoms with Crippen LogP contribution < -0.4 is 5.32 Å². The SMILES string of the molecule is CCNc1ncccc1C(=O)N1CCOCC1. The first-order chi connectivity index (χ1) is 8.33. The molecule has 1 amide bonds. The quantitative estimate of drug-likeness (QED) is 0.848. The van der Waals surface area contributed by atoms with Gasteiger partial charge in [-0.25, -0.2) is 4.98 Å². The Morgan fingerprint density at radius 3 is 3.00 bits per heavy atom. The summed E-state index contributed by atoms with van der Waals surface area (Å²) >= 11 is 0. The van der Waals surface area contributed by atoms with E-state index in [2.05, 4.69) is 10.3 Å². The number of aromatic nitrogens is 1. The lowest BCUT2D eigenvalue weighted by Crippen LogP contribution is -2.41. The second-order valence-electron chi connectivity index (χ2n) is 3.83. The molecule has 1 aliphatic rings. The Bertz CT molecular complexity index is 389. The highest BCUT2D eigenvalue weighted by Gasteiger charge is 2.21. The van der Waals surface area contributed by atoms with E-state index in [0.717, 1.165) is 6.54 Å². The van der Waals surface area contributed by atoms with Crippen molar-refractivity contribution >= 4 is 11.7 Å². The summed E-state index contributed by atoms with van der Waals surface area (Å²) in [6.07, 6.45) is 1.69. The van der Waals surface area contributed by atoms with Crippen LogP contribution in [0.15, 0.2) is 18.3 Å². The van der Waals surface area contributed by atoms with E-state index in [1.54, 1.807) is 17.2 Å². The average molecular weight is 235 g/mol. The van der Waals surface area contributed by atoms with Crippen LogP contribution in [0.1, 0.15) is 17.3 Å². The lowest BCUT2D eigenvalue weighted by atomic mass is 10.2. The summed E-state index contributed by atoms with van der Waals surface area (Å²) in [4.78, 5) is 18.3. The van der Waals surface area contributed by atoms with Gasteiger partial charge in [-0.1, -0.05) is 0 Å². The molecule has 1 aliphatic heterocycles. The molecule has 1 N–H and O–H groups in total. The molecule has 1 fully saturated rings. The number of ether oxygens (including phenoxy) is 1. The van der Waals surface area contributed by atoms with Crippen LogP contribution in [0, 0.1) is 0 Å². The number of morpholine rings is 1. The van der Waals surface area contributed by atoms with Crippen molar-refractivity contribution in [2.24, 2.45) is 0 Å². The van der Waals surface area contributed by atoms with Crippen molar-refractivity contribution in [3.05, 3.63) is 23.9 Å². The summed E-state index contributed by atoms with van der Waals surface area (Å²) in [7, 11) is 0. The van der Waals surface area contributed by atoms with Crippen LogP contribution in [0.25, 0.3) is 0 Å². The molecule has 0 bridgehead atoms. The largest absolute Gasteiger partial charge is 0.378 e. The van der Waals surface area contributed by atoms with Crippen molar-refractivity contribution in [2.75, 3.05) is 38.2 Å². The molecule has 1 aromatic heterocycles. The summed E-state index contributed by atoms with van der Waals surface area (Å²) in [6, 6.07) is 3.59. The van der Waals surface area contributed by atoms with Crippen LogP contribution in [0.3, 0.4) is 0 Å². The van der Waals surface area contributed by atoms with Gasteiger partial charge in [-0.05, 0) is 19.1 Å². The van der Waals surface area contributed by atoms with Gasteiger partial charge in [0.1, 0.15) is 5.82 Å². The fourth-order valence-electron chi connectivity index (χ4n) is 1.82. The van der Waals surface area contributed by atoms with Crippen LogP contribution in [0.5, 0.6) is 0 Å². The van der Waals surface area contributed by atoms with E-state index in [9.17, 15) is 4.79 Å². The van der Waals surface area contributed by atoms with Gasteiger partial charge in [-0.15, -0.1) is 0 Å². The molecule has 0 unspecified atom stereocenters. The molecule has 2 rings (SSSR count). The molecule has 1 aromatic rings. The van der Waals surface area contributed by atoms with E-state index in [-0.39, 0.29) is 5.91 Å². The van der Waals surface area contributed by atoms with E-state index in [1.807, 2.05) is 13.0 Å². The number of carbonyl (C=O) groups excluding carboxylic acids is 1. The topological polar surface area (TPSA) is 54.5 Å². The second-order valence-corrected chi connectivity index (χ2v) is 3.83. The minimum Gasteiger partial charge on any atom is -0.378 e. The first kappa shape index (κ1) is 11.9. The van der Waals surface area contributed by atoms with E-state index in [0.29, 0.717) is 37.7 Å². The van der Waals surface area contributed by atoms with Crippen LogP contribution >= 0.6 is 0 Å². The lowest BCUT2D eigenvalue weighted by molar-refractivity contribution is 0.0303. The molecular weight excluding hydrogens is 218 g/mol. The maximum absolute atomic E-state index is 12.3. The van der Waals surface area contributed by atoms with Gasteiger partial charge in [0.05, 0.1) is 18.8 Å². The molecule has 0 radical (unpaired) electrons. The summed E-state index contributed by atoms with van der Waals surface area (Å²) in [5.41, 5.74) is 0.635. The van der Waals surface area contributed by atoms with Gasteiger partial charge in [0.25, 0.3) is 5.91 Å². The summed E-state index contributed by atoms with van der Waals surface area (Å²) in [6.45, 7) is 5.27. The van der Waals surface area contributed by atoms with Gasteiger partial charge in [0, 0.05) is 25.8 Å². The van der Waals surface area contributed by atoms with Gasteiger partial charge in [-0.2, -0.15) is 0 Å². The standard InChI is InChI=1S/C12H17N3O2/c1-2-13-11-10(4-3-5-14-11)12(16)15-6-8-17-9-7-15/h3-5H,2,6-9H2,1H3,(H,13,14). The van der Waals surface area contributed by atoms with E-state index in [1.165, 1.54) is 0 Å². The van der Waals surface area contributed by atoms with Crippen molar-refractivity contribution in [1.82, 2.24) is 9.88 Å². The molecule has 0 aromatic carbocycles. The fourth-order valence-corrected chi connectivity index (χ4v) is 1.82. The number of amides is 1. The van der Waals surface area contributed by atoms with Gasteiger partial charge in [-0.3, -0.25) is 4.79 Å². The minimum absolute atomic E-state index is 0.0253. The Morgan fingerprint density at radius 2 is 2.29 bits per heavy atom. The molecule has 17 heavy (non-hydrogen) atoms. The Hall–Kier alpha value is -1.62. The number of hydrogen-bond donors (Lipinski definition) is 1. The Balaban J connectivity index is 2.17. The van der Waals surface area contributed by atoms with Gasteiger partial charge < -0.3 is 15.0 Å². The van der Waals surface area contributed by atoms with Crippen molar-refractivity contribution < 1.29 is 9.53 Å². The van der Waals surface area contributed by atoms with E-state index >= 15 is 0 Å². The molecule has 5 nitrogen and oxygen atoms in total. The molecule has 92 valence electrons. The molecule has 0 spiro atoms. The smallest absolute Gasteiger partial charge is 0.257 e. The Kier molecular flexibility index (Phi) is 3.93. The third-order valence-electron chi connectivity index (χ3n) is 2.68. The summed E-state index contributed by atoms with van der Waals surface area (Å²) < 4.78 is 5.24. The predicted molar refractivity (Wildman–Crippen MR) is 65.1 cm³/mol. The summed E-state index contributed by atoms with van der Waals surface area (Å²) in [5.74, 6) is 0.684. The van der Waals surface area contributed by atoms with Crippen molar-refractivity contribution in [3.63, 3.8) is 0 Å². The zero-order valence-corrected chi connectivity index (χ0v) is 9.98. The van der Waals surface area contributed by atoms with Gasteiger partial charge in [0.15, 0.2) is 0 Å². The highest BCUT2D eigenvalue weighted by atomic mass is 16.5. The monoisotopic (exact) mass is 235 g/mol. The first-order valence-corrected chi connectivity index (χ1v) is 5.89. The van der Waals surface area contributed by atoms with Gasteiger partial charge >= 0.3 is 0 Å². The normalized spacial score (nSPS) is 15.7. The Morgan fingerprint density at radius 1 is 1.53 bits per heavy atom. The van der Waals surface area contributed by atoms with Crippen LogP contribution in [-0.2, 0) is 4.74 Å². The summed E-state index contributed by atoms with van der Waals surface area (Å²) in [5, 5.41) is 3.11. The highest BCUT2D eigenvalue weighted by Crippen LogP contribution is 2.14. The zero-order chi connectivity index (χ0) is 12.1. The van der Waals surface area contributed by atoms with E-state index in [4.69, 9.17) is 4.74 Å². The van der Waals surface area contributed by atoms with Crippen molar-refractivity contribution in [1.29, 1.82) is 0 Å². The number of pyridine rings is 1. The molecule has 0 aliphatic carbocycles. The number of hydrogen-bond acceptors (Lipinski definition) is 4. The third kappa shape index (κ3) is 2.74. The second kappa shape index (κ2) is 5.63. The van der Waals surface area contributed by atoms with Crippen molar-refractivity contribution in [2.45, 2.75) is 6.92 Å². The molecule has 5 heteroatoms. The van der Waals surface area contributed by atoms with E-state index < -0.39 is 0 Å². The number of nitrogens with zero attached hydrogens (tertiary/aromatic N) is 2. The van der Waals surface area contributed by atoms with Crippen molar-refractivity contribution in [3.8, 4) is 0 Å². The molecule has 1 saturated heterocycles. The van der Waals surface area contributed by atoms with Crippen LogP contribution in [-0.4, -0.2) is 48.6 Å². The number of rotatable bonds is 3. The lowest BCUT2D eigenvalue weighted by Gasteiger charge is -2.27. The number of carbonyl (C=O) groups is 1. The first-order valence-electron chi connectivity index (χ1n) is 5.89. The third-order valence-corrected chi connectivity index (χ3v) is 2.68. The van der Waals surface area contributed by atoms with Gasteiger partial charge in [0.2, 0.25) is 0 Å². The molecule has 2 heterocycles. The zero-order valence-electron chi connectivity index (χ0n) is 9.98. The van der Waals surface area contributed by atoms with Crippen LogP contribution in [0.4, 0.5) is 5.82 Å². The molecule has 0 atom stereocenters. The Labute approximate surface area is 101 Å². The molecule has 0 saturated carbocycles. The minimum atomic E-state index is 0.0253. The average Bonchev–Trinajstić information content (AvgIpc) is 2.40. The van der Waals surface area contributed by atoms with Crippen LogP contribution in [0.2, 0.25) is 0 Å². The highest BCUT2D eigenvalue weighted by molar-refractivity contribution is 5.98. The maximum Gasteiger partial charge on any atom is 0.257 e. The molecular formula is C12H17N3O2. The number of nitrogens with one attached hydrogen (secondary N) is 1. The number of anilines is 1. The predicted octanol–water partition coefficient (Wildman–Crippen LogP) is 0.986. The fraction of sp³-hybridized carbons (Fsp3) is 0.500. The maximum atomic E-state index is 12.3.